The molecule has 3 N–H and O–H groups in total. The van der Waals surface area contributed by atoms with Crippen LogP contribution in [-0.4, -0.2) is 18.0 Å². The molecule has 1 amide bonds. The number of hydrogen-bond donors (Lipinski definition) is 2. The molecule has 94 valence electrons. The van der Waals surface area contributed by atoms with E-state index in [-0.39, 0.29) is 18.3 Å². The Morgan fingerprint density at radius 2 is 2.00 bits per heavy atom. The van der Waals surface area contributed by atoms with Crippen LogP contribution < -0.4 is 11.1 Å². The van der Waals surface area contributed by atoms with Crippen LogP contribution in [0.1, 0.15) is 45.4 Å². The largest absolute Gasteiger partial charge is 0.354 e. The Morgan fingerprint density at radius 3 is 2.56 bits per heavy atom. The van der Waals surface area contributed by atoms with Crippen LogP contribution in [0.5, 0.6) is 0 Å². The second kappa shape index (κ2) is 5.37. The minimum atomic E-state index is -0.502. The third-order valence-electron chi connectivity index (χ3n) is 4.05. The van der Waals surface area contributed by atoms with Gasteiger partial charge in [-0.25, -0.2) is 0 Å². The molecule has 2 aliphatic rings. The molecule has 2 unspecified atom stereocenters. The summed E-state index contributed by atoms with van der Waals surface area (Å²) in [6, 6.07) is 0. The van der Waals surface area contributed by atoms with Gasteiger partial charge in [-0.3, -0.25) is 4.79 Å². The fraction of sp³-hybridized carbons (Fsp3) is 0.917. The molecule has 0 heterocycles. The van der Waals surface area contributed by atoms with Crippen molar-refractivity contribution in [1.82, 2.24) is 5.32 Å². The zero-order valence-electron chi connectivity index (χ0n) is 10.00. The second-order valence-electron chi connectivity index (χ2n) is 5.39. The summed E-state index contributed by atoms with van der Waals surface area (Å²) in [4.78, 5) is 11.6. The SMILES string of the molecule is CC1CCCCC1CNC(=O)C1(N)CC1.Cl. The Morgan fingerprint density at radius 1 is 1.38 bits per heavy atom. The first kappa shape index (κ1) is 13.8. The minimum absolute atomic E-state index is 0. The van der Waals surface area contributed by atoms with Crippen molar-refractivity contribution < 1.29 is 4.79 Å². The Labute approximate surface area is 104 Å². The normalized spacial score (nSPS) is 31.4. The Hall–Kier alpha value is -0.280. The van der Waals surface area contributed by atoms with Gasteiger partial charge in [0.25, 0.3) is 0 Å². The molecule has 0 aromatic rings. The van der Waals surface area contributed by atoms with Crippen molar-refractivity contribution in [2.24, 2.45) is 17.6 Å². The first-order chi connectivity index (χ1) is 7.12. The Bertz CT molecular complexity index is 253. The predicted octanol–water partition coefficient (Wildman–Crippen LogP) is 1.84. The molecule has 4 heteroatoms. The van der Waals surface area contributed by atoms with Gasteiger partial charge in [-0.15, -0.1) is 12.4 Å². The van der Waals surface area contributed by atoms with Crippen LogP contribution in [-0.2, 0) is 4.79 Å². The van der Waals surface area contributed by atoms with Gasteiger partial charge in [-0.1, -0.05) is 26.2 Å². The summed E-state index contributed by atoms with van der Waals surface area (Å²) in [5, 5.41) is 3.02. The molecule has 0 spiro atoms. The summed E-state index contributed by atoms with van der Waals surface area (Å²) in [7, 11) is 0. The third-order valence-corrected chi connectivity index (χ3v) is 4.05. The minimum Gasteiger partial charge on any atom is -0.354 e. The van der Waals surface area contributed by atoms with Crippen molar-refractivity contribution in [3.8, 4) is 0 Å². The lowest BCUT2D eigenvalue weighted by Gasteiger charge is -2.29. The zero-order chi connectivity index (χ0) is 10.9. The van der Waals surface area contributed by atoms with Gasteiger partial charge in [0, 0.05) is 6.54 Å². The van der Waals surface area contributed by atoms with E-state index in [2.05, 4.69) is 12.2 Å². The first-order valence-electron chi connectivity index (χ1n) is 6.19. The number of nitrogens with two attached hydrogens (primary N) is 1. The van der Waals surface area contributed by atoms with Gasteiger partial charge in [0.05, 0.1) is 5.54 Å². The predicted molar refractivity (Wildman–Crippen MR) is 67.5 cm³/mol. The van der Waals surface area contributed by atoms with Crippen molar-refractivity contribution in [3.63, 3.8) is 0 Å². The number of carbonyl (C=O) groups is 1. The molecule has 0 aromatic heterocycles. The molecular formula is C12H23ClN2O. The van der Waals surface area contributed by atoms with Crippen LogP contribution >= 0.6 is 12.4 Å². The quantitative estimate of drug-likeness (QED) is 0.799. The van der Waals surface area contributed by atoms with E-state index in [4.69, 9.17) is 5.73 Å². The molecule has 2 rings (SSSR count). The smallest absolute Gasteiger partial charge is 0.240 e. The molecular weight excluding hydrogens is 224 g/mol. The van der Waals surface area contributed by atoms with Gasteiger partial charge in [0.1, 0.15) is 0 Å². The van der Waals surface area contributed by atoms with Gasteiger partial charge in [-0.05, 0) is 31.1 Å². The van der Waals surface area contributed by atoms with Crippen molar-refractivity contribution in [3.05, 3.63) is 0 Å². The lowest BCUT2D eigenvalue weighted by atomic mass is 9.80. The van der Waals surface area contributed by atoms with Crippen LogP contribution in [0.25, 0.3) is 0 Å². The van der Waals surface area contributed by atoms with E-state index in [0.29, 0.717) is 5.92 Å². The summed E-state index contributed by atoms with van der Waals surface area (Å²) in [5.41, 5.74) is 5.33. The number of rotatable bonds is 3. The molecule has 2 saturated carbocycles. The molecule has 0 radical (unpaired) electrons. The number of nitrogens with one attached hydrogen (secondary N) is 1. The summed E-state index contributed by atoms with van der Waals surface area (Å²) < 4.78 is 0. The summed E-state index contributed by atoms with van der Waals surface area (Å²) >= 11 is 0. The molecule has 0 aliphatic heterocycles. The molecule has 2 aliphatic carbocycles. The van der Waals surface area contributed by atoms with Crippen LogP contribution in [0.2, 0.25) is 0 Å². The molecule has 2 fully saturated rings. The molecule has 0 aromatic carbocycles. The number of halogens is 1. The number of carbonyl (C=O) groups excluding carboxylic acids is 1. The number of hydrogen-bond acceptors (Lipinski definition) is 2. The van der Waals surface area contributed by atoms with Crippen molar-refractivity contribution in [2.45, 2.75) is 51.0 Å². The van der Waals surface area contributed by atoms with Gasteiger partial charge in [0.2, 0.25) is 5.91 Å². The van der Waals surface area contributed by atoms with E-state index in [1.54, 1.807) is 0 Å². The van der Waals surface area contributed by atoms with E-state index in [9.17, 15) is 4.79 Å². The van der Waals surface area contributed by atoms with Crippen LogP contribution in [0.4, 0.5) is 0 Å². The fourth-order valence-electron chi connectivity index (χ4n) is 2.46. The first-order valence-corrected chi connectivity index (χ1v) is 6.19. The number of amides is 1. The summed E-state index contributed by atoms with van der Waals surface area (Å²) in [6.45, 7) is 3.13. The molecule has 3 nitrogen and oxygen atoms in total. The lowest BCUT2D eigenvalue weighted by Crippen LogP contribution is -2.45. The zero-order valence-corrected chi connectivity index (χ0v) is 10.8. The van der Waals surface area contributed by atoms with E-state index < -0.39 is 5.54 Å². The topological polar surface area (TPSA) is 55.1 Å². The van der Waals surface area contributed by atoms with Gasteiger partial charge >= 0.3 is 0 Å². The van der Waals surface area contributed by atoms with E-state index in [0.717, 1.165) is 25.3 Å². The summed E-state index contributed by atoms with van der Waals surface area (Å²) in [5.74, 6) is 1.50. The van der Waals surface area contributed by atoms with Crippen LogP contribution in [0, 0.1) is 11.8 Å². The highest BCUT2D eigenvalue weighted by Crippen LogP contribution is 2.33. The second-order valence-corrected chi connectivity index (χ2v) is 5.39. The van der Waals surface area contributed by atoms with Crippen molar-refractivity contribution in [2.75, 3.05) is 6.54 Å². The highest BCUT2D eigenvalue weighted by atomic mass is 35.5. The third kappa shape index (κ3) is 3.11. The Balaban J connectivity index is 0.00000128. The maximum Gasteiger partial charge on any atom is 0.240 e. The van der Waals surface area contributed by atoms with Gasteiger partial charge in [0.15, 0.2) is 0 Å². The molecule has 2 atom stereocenters. The molecule has 16 heavy (non-hydrogen) atoms. The monoisotopic (exact) mass is 246 g/mol. The van der Waals surface area contributed by atoms with Crippen LogP contribution in [0.15, 0.2) is 0 Å². The average molecular weight is 247 g/mol. The van der Waals surface area contributed by atoms with Gasteiger partial charge in [-0.2, -0.15) is 0 Å². The molecule has 0 bridgehead atoms. The van der Waals surface area contributed by atoms with Crippen molar-refractivity contribution in [1.29, 1.82) is 0 Å². The van der Waals surface area contributed by atoms with E-state index >= 15 is 0 Å². The van der Waals surface area contributed by atoms with E-state index in [1.807, 2.05) is 0 Å². The standard InChI is InChI=1S/C12H22N2O.ClH/c1-9-4-2-3-5-10(9)8-14-11(15)12(13)6-7-12;/h9-10H,2-8,13H2,1H3,(H,14,15);1H. The summed E-state index contributed by atoms with van der Waals surface area (Å²) in [6.07, 6.45) is 6.97. The average Bonchev–Trinajstić information content (AvgIpc) is 2.96. The fourth-order valence-corrected chi connectivity index (χ4v) is 2.46. The van der Waals surface area contributed by atoms with Crippen molar-refractivity contribution >= 4 is 18.3 Å². The van der Waals surface area contributed by atoms with Gasteiger partial charge < -0.3 is 11.1 Å². The highest BCUT2D eigenvalue weighted by molar-refractivity contribution is 5.88. The lowest BCUT2D eigenvalue weighted by molar-refractivity contribution is -0.123. The Kier molecular flexibility index (Phi) is 4.62. The van der Waals surface area contributed by atoms with Crippen LogP contribution in [0.3, 0.4) is 0 Å². The maximum absolute atomic E-state index is 11.6. The molecule has 0 saturated heterocycles. The highest BCUT2D eigenvalue weighted by Gasteiger charge is 2.45. The maximum atomic E-state index is 11.6. The van der Waals surface area contributed by atoms with E-state index in [1.165, 1.54) is 25.7 Å².